The smallest absolute Gasteiger partial charge is 0.269 e. The number of nitro benzene ring substituents is 1. The Morgan fingerprint density at radius 2 is 2.33 bits per heavy atom. The summed E-state index contributed by atoms with van der Waals surface area (Å²) in [4.78, 5) is 12.7. The summed E-state index contributed by atoms with van der Waals surface area (Å²) in [5, 5.41) is 10.7. The summed E-state index contributed by atoms with van der Waals surface area (Å²) in [6, 6.07) is 7.37. The molecule has 1 aliphatic rings. The van der Waals surface area contributed by atoms with Gasteiger partial charge in [-0.25, -0.2) is 0 Å². The molecule has 1 aromatic carbocycles. The van der Waals surface area contributed by atoms with Gasteiger partial charge in [-0.15, -0.1) is 0 Å². The maximum Gasteiger partial charge on any atom is 0.269 e. The molecule has 2 rings (SSSR count). The summed E-state index contributed by atoms with van der Waals surface area (Å²) < 4.78 is 0. The molecule has 0 aromatic heterocycles. The highest BCUT2D eigenvalue weighted by Gasteiger charge is 2.27. The van der Waals surface area contributed by atoms with Gasteiger partial charge in [0.25, 0.3) is 5.69 Å². The molecule has 0 amide bonds. The first-order chi connectivity index (χ1) is 8.60. The third-order valence-corrected chi connectivity index (χ3v) is 3.63. The van der Waals surface area contributed by atoms with Crippen LogP contribution in [0.5, 0.6) is 0 Å². The Bertz CT molecular complexity index is 436. The van der Waals surface area contributed by atoms with Crippen molar-refractivity contribution in [3.8, 4) is 0 Å². The van der Waals surface area contributed by atoms with Crippen LogP contribution in [0.3, 0.4) is 0 Å². The summed E-state index contributed by atoms with van der Waals surface area (Å²) in [5.74, 6) is 0.554. The second-order valence-electron chi connectivity index (χ2n) is 5.04. The lowest BCUT2D eigenvalue weighted by atomic mass is 10.1. The topological polar surface area (TPSA) is 72.4 Å². The first kappa shape index (κ1) is 13.0. The van der Waals surface area contributed by atoms with Gasteiger partial charge < -0.3 is 5.73 Å². The van der Waals surface area contributed by atoms with Crippen molar-refractivity contribution in [1.29, 1.82) is 0 Å². The van der Waals surface area contributed by atoms with Crippen LogP contribution in [0.15, 0.2) is 24.3 Å². The van der Waals surface area contributed by atoms with Gasteiger partial charge in [0.2, 0.25) is 0 Å². The minimum atomic E-state index is -0.348. The number of nitro groups is 1. The highest BCUT2D eigenvalue weighted by molar-refractivity contribution is 5.34. The van der Waals surface area contributed by atoms with Crippen molar-refractivity contribution >= 4 is 5.69 Å². The fraction of sp³-hybridized carbons (Fsp3) is 0.538. The van der Waals surface area contributed by atoms with Crippen LogP contribution in [-0.4, -0.2) is 29.0 Å². The molecule has 0 spiro atoms. The maximum absolute atomic E-state index is 10.7. The predicted molar refractivity (Wildman–Crippen MR) is 70.1 cm³/mol. The Hall–Kier alpha value is -1.46. The van der Waals surface area contributed by atoms with Crippen LogP contribution in [0.1, 0.15) is 18.9 Å². The summed E-state index contributed by atoms with van der Waals surface area (Å²) in [6.45, 7) is 4.66. The molecule has 1 fully saturated rings. The lowest BCUT2D eigenvalue weighted by Gasteiger charge is -2.20. The number of hydrogen-bond donors (Lipinski definition) is 1. The molecule has 1 heterocycles. The van der Waals surface area contributed by atoms with Gasteiger partial charge in [-0.1, -0.05) is 12.1 Å². The van der Waals surface area contributed by atoms with Crippen molar-refractivity contribution in [2.24, 2.45) is 11.7 Å². The van der Waals surface area contributed by atoms with Gasteiger partial charge in [0.15, 0.2) is 0 Å². The maximum atomic E-state index is 10.7. The van der Waals surface area contributed by atoms with Gasteiger partial charge in [0.05, 0.1) is 4.92 Å². The molecular weight excluding hydrogens is 230 g/mol. The standard InChI is InChI=1S/C13H19N3O2/c1-10-5-12(7-14)9-15(10)8-11-3-2-4-13(6-11)16(17)18/h2-4,6,10,12H,5,7-9,14H2,1H3. The van der Waals surface area contributed by atoms with E-state index in [0.717, 1.165) is 31.6 Å². The van der Waals surface area contributed by atoms with Gasteiger partial charge in [-0.2, -0.15) is 0 Å². The molecule has 2 N–H and O–H groups in total. The first-order valence-corrected chi connectivity index (χ1v) is 6.27. The molecule has 1 saturated heterocycles. The predicted octanol–water partition coefficient (Wildman–Crippen LogP) is 1.76. The Balaban J connectivity index is 2.05. The SMILES string of the molecule is CC1CC(CN)CN1Cc1cccc([N+](=O)[O-])c1. The first-order valence-electron chi connectivity index (χ1n) is 6.27. The van der Waals surface area contributed by atoms with Gasteiger partial charge in [-0.05, 0) is 31.4 Å². The zero-order valence-corrected chi connectivity index (χ0v) is 10.6. The zero-order valence-electron chi connectivity index (χ0n) is 10.6. The summed E-state index contributed by atoms with van der Waals surface area (Å²) in [6.07, 6.45) is 1.12. The van der Waals surface area contributed by atoms with E-state index in [4.69, 9.17) is 5.73 Å². The van der Waals surface area contributed by atoms with Crippen LogP contribution in [0.4, 0.5) is 5.69 Å². The Labute approximate surface area is 107 Å². The summed E-state index contributed by atoms with van der Waals surface area (Å²) >= 11 is 0. The number of benzene rings is 1. The number of likely N-dealkylation sites (tertiary alicyclic amines) is 1. The summed E-state index contributed by atoms with van der Waals surface area (Å²) in [7, 11) is 0. The molecule has 1 aliphatic heterocycles. The third-order valence-electron chi connectivity index (χ3n) is 3.63. The number of non-ortho nitro benzene ring substituents is 1. The molecule has 5 heteroatoms. The van der Waals surface area contributed by atoms with Crippen LogP contribution in [0, 0.1) is 16.0 Å². The Kier molecular flexibility index (Phi) is 3.93. The van der Waals surface area contributed by atoms with Crippen molar-refractivity contribution in [2.75, 3.05) is 13.1 Å². The molecule has 98 valence electrons. The molecule has 0 radical (unpaired) electrons. The van der Waals surface area contributed by atoms with Crippen molar-refractivity contribution in [3.63, 3.8) is 0 Å². The van der Waals surface area contributed by atoms with E-state index in [-0.39, 0.29) is 10.6 Å². The number of nitrogens with two attached hydrogens (primary N) is 1. The minimum absolute atomic E-state index is 0.162. The number of nitrogens with zero attached hydrogens (tertiary/aromatic N) is 2. The van der Waals surface area contributed by atoms with Crippen LogP contribution in [-0.2, 0) is 6.54 Å². The molecule has 0 aliphatic carbocycles. The fourth-order valence-electron chi connectivity index (χ4n) is 2.61. The third kappa shape index (κ3) is 2.86. The Morgan fingerprint density at radius 1 is 1.56 bits per heavy atom. The van der Waals surface area contributed by atoms with Crippen molar-refractivity contribution < 1.29 is 4.92 Å². The molecule has 0 saturated carbocycles. The van der Waals surface area contributed by atoms with Crippen LogP contribution in [0.2, 0.25) is 0 Å². The number of rotatable bonds is 4. The van der Waals surface area contributed by atoms with Gasteiger partial charge in [0.1, 0.15) is 0 Å². The van der Waals surface area contributed by atoms with E-state index in [2.05, 4.69) is 11.8 Å². The van der Waals surface area contributed by atoms with E-state index < -0.39 is 0 Å². The fourth-order valence-corrected chi connectivity index (χ4v) is 2.61. The van der Waals surface area contributed by atoms with E-state index in [0.29, 0.717) is 12.0 Å². The second-order valence-corrected chi connectivity index (χ2v) is 5.04. The van der Waals surface area contributed by atoms with E-state index in [1.54, 1.807) is 12.1 Å². The van der Waals surface area contributed by atoms with Crippen LogP contribution < -0.4 is 5.73 Å². The molecule has 5 nitrogen and oxygen atoms in total. The molecular formula is C13H19N3O2. The zero-order chi connectivity index (χ0) is 13.1. The molecule has 1 aromatic rings. The largest absolute Gasteiger partial charge is 0.330 e. The van der Waals surface area contributed by atoms with Gasteiger partial charge in [0, 0.05) is 31.3 Å². The van der Waals surface area contributed by atoms with Crippen molar-refractivity contribution in [1.82, 2.24) is 4.90 Å². The monoisotopic (exact) mass is 249 g/mol. The summed E-state index contributed by atoms with van der Waals surface area (Å²) in [5.41, 5.74) is 6.86. The van der Waals surface area contributed by atoms with E-state index in [9.17, 15) is 10.1 Å². The second kappa shape index (κ2) is 5.46. The van der Waals surface area contributed by atoms with Crippen LogP contribution in [0.25, 0.3) is 0 Å². The molecule has 2 unspecified atom stereocenters. The van der Waals surface area contributed by atoms with E-state index >= 15 is 0 Å². The lowest BCUT2D eigenvalue weighted by Crippen LogP contribution is -2.27. The lowest BCUT2D eigenvalue weighted by molar-refractivity contribution is -0.384. The highest BCUT2D eigenvalue weighted by Crippen LogP contribution is 2.25. The van der Waals surface area contributed by atoms with Gasteiger partial charge in [-0.3, -0.25) is 15.0 Å². The molecule has 18 heavy (non-hydrogen) atoms. The molecule has 2 atom stereocenters. The minimum Gasteiger partial charge on any atom is -0.330 e. The highest BCUT2D eigenvalue weighted by atomic mass is 16.6. The van der Waals surface area contributed by atoms with Crippen molar-refractivity contribution in [2.45, 2.75) is 25.9 Å². The molecule has 0 bridgehead atoms. The quantitative estimate of drug-likeness (QED) is 0.652. The van der Waals surface area contributed by atoms with E-state index in [1.165, 1.54) is 6.07 Å². The Morgan fingerprint density at radius 3 is 2.94 bits per heavy atom. The number of hydrogen-bond acceptors (Lipinski definition) is 4. The van der Waals surface area contributed by atoms with E-state index in [1.807, 2.05) is 6.07 Å². The van der Waals surface area contributed by atoms with Crippen LogP contribution >= 0.6 is 0 Å². The van der Waals surface area contributed by atoms with Crippen molar-refractivity contribution in [3.05, 3.63) is 39.9 Å². The normalized spacial score (nSPS) is 24.3. The average Bonchev–Trinajstić information content (AvgIpc) is 2.70. The average molecular weight is 249 g/mol. The van der Waals surface area contributed by atoms with Gasteiger partial charge >= 0.3 is 0 Å².